The topological polar surface area (TPSA) is 46.3 Å². The number of nitrogens with two attached hydrogens (primary N) is 1. The molecule has 1 aliphatic rings. The summed E-state index contributed by atoms with van der Waals surface area (Å²) in [6, 6.07) is -0.538. The molecule has 1 rings (SSSR count). The zero-order valence-electron chi connectivity index (χ0n) is 9.17. The molecule has 1 saturated heterocycles. The zero-order valence-corrected chi connectivity index (χ0v) is 9.17. The minimum absolute atomic E-state index is 0.145. The molecule has 88 valence electrons. The van der Waals surface area contributed by atoms with Gasteiger partial charge in [-0.25, -0.2) is 8.78 Å². The lowest BCUT2D eigenvalue weighted by molar-refractivity contribution is -0.136. The van der Waals surface area contributed by atoms with Crippen LogP contribution in [0.3, 0.4) is 0 Å². The average molecular weight is 220 g/mol. The van der Waals surface area contributed by atoms with E-state index in [1.807, 2.05) is 0 Å². The van der Waals surface area contributed by atoms with E-state index in [1.54, 1.807) is 11.8 Å². The lowest BCUT2D eigenvalue weighted by Crippen LogP contribution is -2.47. The number of carbonyl (C=O) groups excluding carboxylic acids is 1. The number of hydrogen-bond acceptors (Lipinski definition) is 2. The Bertz CT molecular complexity index is 230. The molecule has 0 aromatic carbocycles. The molecule has 0 aromatic heterocycles. The number of carbonyl (C=O) groups is 1. The van der Waals surface area contributed by atoms with Crippen molar-refractivity contribution in [2.24, 2.45) is 11.7 Å². The molecule has 1 atom stereocenters. The van der Waals surface area contributed by atoms with E-state index in [9.17, 15) is 13.6 Å². The third-order valence-electron chi connectivity index (χ3n) is 2.91. The predicted octanol–water partition coefficient (Wildman–Crippen LogP) is 1.23. The Kier molecular flexibility index (Phi) is 3.65. The molecule has 5 heteroatoms. The first kappa shape index (κ1) is 12.4. The highest BCUT2D eigenvalue weighted by Gasteiger charge is 2.37. The van der Waals surface area contributed by atoms with Crippen LogP contribution in [0.5, 0.6) is 0 Å². The maximum atomic E-state index is 13.0. The molecule has 1 amide bonds. The second-order valence-electron chi connectivity index (χ2n) is 4.34. The molecule has 0 unspecified atom stereocenters. The van der Waals surface area contributed by atoms with Gasteiger partial charge in [-0.05, 0) is 26.7 Å². The van der Waals surface area contributed by atoms with Crippen LogP contribution in [0.25, 0.3) is 0 Å². The van der Waals surface area contributed by atoms with Gasteiger partial charge in [0, 0.05) is 19.0 Å². The largest absolute Gasteiger partial charge is 0.341 e. The highest BCUT2D eigenvalue weighted by Crippen LogP contribution is 2.32. The molecule has 0 aliphatic carbocycles. The van der Waals surface area contributed by atoms with Crippen molar-refractivity contribution in [3.63, 3.8) is 0 Å². The normalized spacial score (nSPS) is 21.5. The van der Waals surface area contributed by atoms with Crippen LogP contribution in [-0.2, 0) is 4.79 Å². The summed E-state index contributed by atoms with van der Waals surface area (Å²) in [6.45, 7) is 3.35. The first-order chi connectivity index (χ1) is 6.82. The second kappa shape index (κ2) is 4.43. The fourth-order valence-corrected chi connectivity index (χ4v) is 1.89. The number of alkyl halides is 2. The zero-order chi connectivity index (χ0) is 11.6. The van der Waals surface area contributed by atoms with E-state index in [1.165, 1.54) is 0 Å². The Labute approximate surface area is 88.6 Å². The number of likely N-dealkylation sites (tertiary alicyclic amines) is 1. The molecule has 0 aromatic rings. The van der Waals surface area contributed by atoms with Gasteiger partial charge in [-0.1, -0.05) is 0 Å². The molecule has 0 radical (unpaired) electrons. The number of rotatable bonds is 2. The maximum absolute atomic E-state index is 13.0. The lowest BCUT2D eigenvalue weighted by Gasteiger charge is -2.35. The third-order valence-corrected chi connectivity index (χ3v) is 2.91. The van der Waals surface area contributed by atoms with E-state index in [0.717, 1.165) is 6.92 Å². The summed E-state index contributed by atoms with van der Waals surface area (Å²) >= 11 is 0. The van der Waals surface area contributed by atoms with Crippen LogP contribution in [-0.4, -0.2) is 35.9 Å². The van der Waals surface area contributed by atoms with Crippen LogP contribution in [0.15, 0.2) is 0 Å². The summed E-state index contributed by atoms with van der Waals surface area (Å²) in [5, 5.41) is 0. The number of amides is 1. The molecule has 0 spiro atoms. The summed E-state index contributed by atoms with van der Waals surface area (Å²) in [5.41, 5.74) is 5.45. The van der Waals surface area contributed by atoms with Gasteiger partial charge in [0.05, 0.1) is 6.04 Å². The van der Waals surface area contributed by atoms with Crippen molar-refractivity contribution >= 4 is 5.91 Å². The molecule has 1 heterocycles. The van der Waals surface area contributed by atoms with Gasteiger partial charge in [0.25, 0.3) is 0 Å². The highest BCUT2D eigenvalue weighted by atomic mass is 19.3. The van der Waals surface area contributed by atoms with Gasteiger partial charge in [-0.3, -0.25) is 4.79 Å². The van der Waals surface area contributed by atoms with E-state index in [4.69, 9.17) is 5.73 Å². The van der Waals surface area contributed by atoms with Crippen LogP contribution < -0.4 is 5.73 Å². The van der Waals surface area contributed by atoms with Crippen molar-refractivity contribution in [3.05, 3.63) is 0 Å². The first-order valence-corrected chi connectivity index (χ1v) is 5.24. The van der Waals surface area contributed by atoms with Gasteiger partial charge in [-0.15, -0.1) is 0 Å². The predicted molar refractivity (Wildman–Crippen MR) is 53.6 cm³/mol. The average Bonchev–Trinajstić information content (AvgIpc) is 2.15. The Morgan fingerprint density at radius 3 is 2.27 bits per heavy atom. The van der Waals surface area contributed by atoms with Crippen molar-refractivity contribution in [1.29, 1.82) is 0 Å². The summed E-state index contributed by atoms with van der Waals surface area (Å²) in [7, 11) is 0. The molecule has 0 saturated carbocycles. The van der Waals surface area contributed by atoms with Gasteiger partial charge in [-0.2, -0.15) is 0 Å². The number of halogens is 2. The standard InChI is InChI=1S/C10H18F2N2O/c1-7(13)9(15)14-5-3-8(4-6-14)10(2,11)12/h7-8H,3-6,13H2,1-2H3/t7-/m1/s1. The summed E-state index contributed by atoms with van der Waals surface area (Å²) < 4.78 is 25.9. The number of hydrogen-bond donors (Lipinski definition) is 1. The van der Waals surface area contributed by atoms with E-state index >= 15 is 0 Å². The van der Waals surface area contributed by atoms with E-state index < -0.39 is 17.9 Å². The van der Waals surface area contributed by atoms with E-state index in [-0.39, 0.29) is 5.91 Å². The Balaban J connectivity index is 2.46. The van der Waals surface area contributed by atoms with Gasteiger partial charge >= 0.3 is 0 Å². The molecule has 3 nitrogen and oxygen atoms in total. The van der Waals surface area contributed by atoms with E-state index in [2.05, 4.69) is 0 Å². The highest BCUT2D eigenvalue weighted by molar-refractivity contribution is 5.81. The van der Waals surface area contributed by atoms with Crippen molar-refractivity contribution in [1.82, 2.24) is 4.90 Å². The third kappa shape index (κ3) is 3.12. The van der Waals surface area contributed by atoms with Crippen molar-refractivity contribution in [3.8, 4) is 0 Å². The smallest absolute Gasteiger partial charge is 0.248 e. The quantitative estimate of drug-likeness (QED) is 0.760. The number of nitrogens with zero attached hydrogens (tertiary/aromatic N) is 1. The van der Waals surface area contributed by atoms with Crippen LogP contribution in [0.2, 0.25) is 0 Å². The maximum Gasteiger partial charge on any atom is 0.248 e. The van der Waals surface area contributed by atoms with Gasteiger partial charge in [0.15, 0.2) is 0 Å². The summed E-state index contributed by atoms with van der Waals surface area (Å²) in [5.74, 6) is -3.38. The molecular formula is C10H18F2N2O. The van der Waals surface area contributed by atoms with Gasteiger partial charge < -0.3 is 10.6 Å². The van der Waals surface area contributed by atoms with Crippen molar-refractivity contribution in [2.45, 2.75) is 38.7 Å². The van der Waals surface area contributed by atoms with Gasteiger partial charge in [0.2, 0.25) is 11.8 Å². The monoisotopic (exact) mass is 220 g/mol. The van der Waals surface area contributed by atoms with E-state index in [0.29, 0.717) is 25.9 Å². The van der Waals surface area contributed by atoms with Crippen molar-refractivity contribution < 1.29 is 13.6 Å². The van der Waals surface area contributed by atoms with Crippen molar-refractivity contribution in [2.75, 3.05) is 13.1 Å². The van der Waals surface area contributed by atoms with Crippen LogP contribution >= 0.6 is 0 Å². The van der Waals surface area contributed by atoms with Crippen LogP contribution in [0.1, 0.15) is 26.7 Å². The minimum Gasteiger partial charge on any atom is -0.341 e. The fraction of sp³-hybridized carbons (Fsp3) is 0.900. The number of piperidine rings is 1. The second-order valence-corrected chi connectivity index (χ2v) is 4.34. The Hall–Kier alpha value is -0.710. The van der Waals surface area contributed by atoms with Crippen LogP contribution in [0, 0.1) is 5.92 Å². The molecule has 1 fully saturated rings. The minimum atomic E-state index is -2.64. The Morgan fingerprint density at radius 1 is 1.47 bits per heavy atom. The first-order valence-electron chi connectivity index (χ1n) is 5.24. The van der Waals surface area contributed by atoms with Crippen LogP contribution in [0.4, 0.5) is 8.78 Å². The summed E-state index contributed by atoms with van der Waals surface area (Å²) in [4.78, 5) is 13.0. The fourth-order valence-electron chi connectivity index (χ4n) is 1.89. The molecule has 1 aliphatic heterocycles. The summed E-state index contributed by atoms with van der Waals surface area (Å²) in [6.07, 6.45) is 0.726. The molecule has 2 N–H and O–H groups in total. The lowest BCUT2D eigenvalue weighted by atomic mass is 9.91. The Morgan fingerprint density at radius 2 is 1.93 bits per heavy atom. The molecular weight excluding hydrogens is 202 g/mol. The SMILES string of the molecule is C[C@@H](N)C(=O)N1CCC(C(C)(F)F)CC1. The van der Waals surface area contributed by atoms with Gasteiger partial charge in [0.1, 0.15) is 0 Å². The molecule has 0 bridgehead atoms. The molecule has 15 heavy (non-hydrogen) atoms.